The minimum atomic E-state index is 0.323. The summed E-state index contributed by atoms with van der Waals surface area (Å²) in [6, 6.07) is 11.2. The molecule has 98 valence electrons. The summed E-state index contributed by atoms with van der Waals surface area (Å²) in [5.41, 5.74) is 1.39. The van der Waals surface area contributed by atoms with Crippen molar-refractivity contribution in [2.24, 2.45) is 5.92 Å². The highest BCUT2D eigenvalue weighted by atomic mass is 16.1. The highest BCUT2D eigenvalue weighted by Gasteiger charge is 2.30. The SMILES string of the molecule is CC(=O)CCC1CCN(Cc2ccccc2)C1C. The lowest BCUT2D eigenvalue weighted by Crippen LogP contribution is -2.29. The van der Waals surface area contributed by atoms with Gasteiger partial charge in [-0.3, -0.25) is 4.90 Å². The molecular formula is C16H23NO. The van der Waals surface area contributed by atoms with E-state index in [0.717, 1.165) is 19.4 Å². The molecule has 0 bridgehead atoms. The van der Waals surface area contributed by atoms with Gasteiger partial charge in [0.2, 0.25) is 0 Å². The van der Waals surface area contributed by atoms with E-state index in [2.05, 4.69) is 42.2 Å². The molecule has 0 saturated carbocycles. The van der Waals surface area contributed by atoms with Crippen molar-refractivity contribution in [1.29, 1.82) is 0 Å². The van der Waals surface area contributed by atoms with Crippen LogP contribution in [0.1, 0.15) is 38.7 Å². The summed E-state index contributed by atoms with van der Waals surface area (Å²) in [4.78, 5) is 13.6. The molecule has 1 aliphatic heterocycles. The van der Waals surface area contributed by atoms with Gasteiger partial charge in [0, 0.05) is 19.0 Å². The number of nitrogens with zero attached hydrogens (tertiary/aromatic N) is 1. The third-order valence-electron chi connectivity index (χ3n) is 4.14. The molecule has 18 heavy (non-hydrogen) atoms. The second-order valence-corrected chi connectivity index (χ2v) is 5.49. The van der Waals surface area contributed by atoms with Crippen LogP contribution in [-0.4, -0.2) is 23.3 Å². The number of hydrogen-bond donors (Lipinski definition) is 0. The van der Waals surface area contributed by atoms with Gasteiger partial charge in [0.25, 0.3) is 0 Å². The number of Topliss-reactive ketones (excluding diaryl/α,β-unsaturated/α-hetero) is 1. The number of hydrogen-bond acceptors (Lipinski definition) is 2. The van der Waals surface area contributed by atoms with Crippen molar-refractivity contribution in [3.63, 3.8) is 0 Å². The monoisotopic (exact) mass is 245 g/mol. The molecule has 0 amide bonds. The van der Waals surface area contributed by atoms with Gasteiger partial charge in [0.15, 0.2) is 0 Å². The third-order valence-corrected chi connectivity index (χ3v) is 4.14. The van der Waals surface area contributed by atoms with Crippen LogP contribution in [0.3, 0.4) is 0 Å². The molecule has 1 aromatic carbocycles. The van der Waals surface area contributed by atoms with E-state index in [-0.39, 0.29) is 0 Å². The maximum Gasteiger partial charge on any atom is 0.129 e. The van der Waals surface area contributed by atoms with Gasteiger partial charge in [-0.2, -0.15) is 0 Å². The zero-order valence-corrected chi connectivity index (χ0v) is 11.4. The van der Waals surface area contributed by atoms with Crippen LogP contribution in [-0.2, 0) is 11.3 Å². The van der Waals surface area contributed by atoms with Crippen LogP contribution >= 0.6 is 0 Å². The van der Waals surface area contributed by atoms with Crippen LogP contribution in [0.15, 0.2) is 30.3 Å². The Morgan fingerprint density at radius 1 is 1.33 bits per heavy atom. The highest BCUT2D eigenvalue weighted by Crippen LogP contribution is 2.29. The lowest BCUT2D eigenvalue weighted by atomic mass is 9.95. The first-order valence-electron chi connectivity index (χ1n) is 6.94. The Morgan fingerprint density at radius 3 is 2.72 bits per heavy atom. The van der Waals surface area contributed by atoms with Gasteiger partial charge in [-0.25, -0.2) is 0 Å². The maximum absolute atomic E-state index is 11.1. The summed E-state index contributed by atoms with van der Waals surface area (Å²) in [5.74, 6) is 1.02. The van der Waals surface area contributed by atoms with Crippen molar-refractivity contribution in [1.82, 2.24) is 4.90 Å². The molecule has 1 fully saturated rings. The average Bonchev–Trinajstić information content (AvgIpc) is 2.70. The third kappa shape index (κ3) is 3.42. The molecule has 2 atom stereocenters. The lowest BCUT2D eigenvalue weighted by Gasteiger charge is -2.24. The fourth-order valence-electron chi connectivity index (χ4n) is 2.89. The molecule has 1 aromatic rings. The Labute approximate surface area is 110 Å². The van der Waals surface area contributed by atoms with E-state index in [9.17, 15) is 4.79 Å². The number of rotatable bonds is 5. The van der Waals surface area contributed by atoms with Crippen molar-refractivity contribution in [3.05, 3.63) is 35.9 Å². The van der Waals surface area contributed by atoms with Gasteiger partial charge in [-0.1, -0.05) is 30.3 Å². The first-order valence-corrected chi connectivity index (χ1v) is 6.94. The van der Waals surface area contributed by atoms with Crippen LogP contribution < -0.4 is 0 Å². The Bertz CT molecular complexity index is 387. The zero-order valence-electron chi connectivity index (χ0n) is 11.4. The zero-order chi connectivity index (χ0) is 13.0. The molecule has 1 aliphatic rings. The van der Waals surface area contributed by atoms with E-state index >= 15 is 0 Å². The molecule has 0 aliphatic carbocycles. The lowest BCUT2D eigenvalue weighted by molar-refractivity contribution is -0.117. The second kappa shape index (κ2) is 6.14. The molecule has 2 rings (SSSR count). The van der Waals surface area contributed by atoms with E-state index in [1.807, 2.05) is 0 Å². The van der Waals surface area contributed by atoms with Crippen molar-refractivity contribution < 1.29 is 4.79 Å². The molecular weight excluding hydrogens is 222 g/mol. The van der Waals surface area contributed by atoms with Crippen molar-refractivity contribution in [2.45, 2.75) is 45.7 Å². The van der Waals surface area contributed by atoms with E-state index in [1.54, 1.807) is 6.92 Å². The van der Waals surface area contributed by atoms with Crippen molar-refractivity contribution in [2.75, 3.05) is 6.54 Å². The van der Waals surface area contributed by atoms with Crippen LogP contribution in [0.25, 0.3) is 0 Å². The van der Waals surface area contributed by atoms with Crippen LogP contribution in [0.2, 0.25) is 0 Å². The smallest absolute Gasteiger partial charge is 0.129 e. The molecule has 0 N–H and O–H groups in total. The molecule has 2 unspecified atom stereocenters. The summed E-state index contributed by atoms with van der Waals surface area (Å²) in [5, 5.41) is 0. The molecule has 1 saturated heterocycles. The van der Waals surface area contributed by atoms with E-state index in [4.69, 9.17) is 0 Å². The number of benzene rings is 1. The first-order chi connectivity index (χ1) is 8.66. The summed E-state index contributed by atoms with van der Waals surface area (Å²) >= 11 is 0. The van der Waals surface area contributed by atoms with E-state index in [1.165, 1.54) is 18.5 Å². The molecule has 1 heterocycles. The van der Waals surface area contributed by atoms with Gasteiger partial charge >= 0.3 is 0 Å². The molecule has 0 spiro atoms. The molecule has 0 aromatic heterocycles. The maximum atomic E-state index is 11.1. The molecule has 2 nitrogen and oxygen atoms in total. The number of carbonyl (C=O) groups excluding carboxylic acids is 1. The van der Waals surface area contributed by atoms with E-state index in [0.29, 0.717) is 17.7 Å². The summed E-state index contributed by atoms with van der Waals surface area (Å²) in [7, 11) is 0. The fraction of sp³-hybridized carbons (Fsp3) is 0.562. The Balaban J connectivity index is 1.87. The number of likely N-dealkylation sites (tertiary alicyclic amines) is 1. The Kier molecular flexibility index (Phi) is 4.54. The highest BCUT2D eigenvalue weighted by molar-refractivity contribution is 5.75. The largest absolute Gasteiger partial charge is 0.300 e. The quantitative estimate of drug-likeness (QED) is 0.793. The number of carbonyl (C=O) groups is 1. The van der Waals surface area contributed by atoms with Crippen LogP contribution in [0.5, 0.6) is 0 Å². The van der Waals surface area contributed by atoms with Gasteiger partial charge < -0.3 is 4.79 Å². The number of ketones is 1. The normalized spacial score (nSPS) is 24.3. The Hall–Kier alpha value is -1.15. The van der Waals surface area contributed by atoms with E-state index < -0.39 is 0 Å². The van der Waals surface area contributed by atoms with Crippen LogP contribution in [0.4, 0.5) is 0 Å². The summed E-state index contributed by atoms with van der Waals surface area (Å²) in [6.07, 6.45) is 3.04. The average molecular weight is 245 g/mol. The fourth-order valence-corrected chi connectivity index (χ4v) is 2.89. The molecule has 2 heteroatoms. The summed E-state index contributed by atoms with van der Waals surface area (Å²) < 4.78 is 0. The van der Waals surface area contributed by atoms with Gasteiger partial charge in [0.05, 0.1) is 0 Å². The Morgan fingerprint density at radius 2 is 2.06 bits per heavy atom. The minimum absolute atomic E-state index is 0.323. The second-order valence-electron chi connectivity index (χ2n) is 5.49. The predicted molar refractivity (Wildman–Crippen MR) is 74.3 cm³/mol. The topological polar surface area (TPSA) is 20.3 Å². The standard InChI is InChI=1S/C16H23NO/c1-13(18)8-9-16-10-11-17(14(16)2)12-15-6-4-3-5-7-15/h3-7,14,16H,8-12H2,1-2H3. The first kappa shape index (κ1) is 13.3. The van der Waals surface area contributed by atoms with Crippen molar-refractivity contribution >= 4 is 5.78 Å². The van der Waals surface area contributed by atoms with Crippen molar-refractivity contribution in [3.8, 4) is 0 Å². The van der Waals surface area contributed by atoms with Gasteiger partial charge in [0.1, 0.15) is 5.78 Å². The van der Waals surface area contributed by atoms with Gasteiger partial charge in [-0.15, -0.1) is 0 Å². The predicted octanol–water partition coefficient (Wildman–Crippen LogP) is 3.27. The van der Waals surface area contributed by atoms with Crippen LogP contribution in [0, 0.1) is 5.92 Å². The minimum Gasteiger partial charge on any atom is -0.300 e. The summed E-state index contributed by atoms with van der Waals surface area (Å²) in [6.45, 7) is 6.21. The molecule has 0 radical (unpaired) electrons. The van der Waals surface area contributed by atoms with Gasteiger partial charge in [-0.05, 0) is 44.7 Å².